The maximum Gasteiger partial charge on any atom is 0.296 e. The number of pyridine rings is 1. The highest BCUT2D eigenvalue weighted by Gasteiger charge is 2.34. The number of amides is 2. The lowest BCUT2D eigenvalue weighted by atomic mass is 10.1. The molecule has 2 amide bonds. The Morgan fingerprint density at radius 2 is 1.73 bits per heavy atom. The number of carbonyl (C=O) groups excluding carboxylic acids is 3. The summed E-state index contributed by atoms with van der Waals surface area (Å²) in [5.41, 5.74) is 1.40. The number of aromatic nitrogens is 1. The molecule has 1 fully saturated rings. The highest BCUT2D eigenvalue weighted by atomic mass is 32.1. The first-order valence-electron chi connectivity index (χ1n) is 9.75. The second-order valence-electron chi connectivity index (χ2n) is 7.17. The molecular weight excluding hydrogens is 398 g/mol. The molecule has 7 heteroatoms. The number of benzene rings is 1. The average Bonchev–Trinajstić information content (AvgIpc) is 3.29. The standard InChI is InChI=1S/C23H21N3O3S/c1-16-15-25(22(28)17-7-3-2-4-8-17)13-14-26(16)23(29)21(27)20-11-10-19(30-20)18-9-5-6-12-24-18/h2-12,16H,13-15H2,1H3/t16-/m1/s1. The molecule has 1 atom stereocenters. The van der Waals surface area contributed by atoms with Gasteiger partial charge in [0.1, 0.15) is 0 Å². The Labute approximate surface area is 178 Å². The van der Waals surface area contributed by atoms with E-state index in [4.69, 9.17) is 0 Å². The van der Waals surface area contributed by atoms with Crippen LogP contribution in [-0.2, 0) is 4.79 Å². The van der Waals surface area contributed by atoms with Crippen molar-refractivity contribution in [3.63, 3.8) is 0 Å². The molecule has 0 radical (unpaired) electrons. The number of piperazine rings is 1. The number of ketones is 1. The van der Waals surface area contributed by atoms with Gasteiger partial charge in [-0.1, -0.05) is 24.3 Å². The molecule has 1 aliphatic rings. The zero-order valence-electron chi connectivity index (χ0n) is 16.5. The summed E-state index contributed by atoms with van der Waals surface area (Å²) in [6.45, 7) is 3.00. The van der Waals surface area contributed by atoms with Crippen LogP contribution in [0.15, 0.2) is 66.9 Å². The van der Waals surface area contributed by atoms with Gasteiger partial charge in [-0.25, -0.2) is 0 Å². The summed E-state index contributed by atoms with van der Waals surface area (Å²) in [6, 6.07) is 17.9. The van der Waals surface area contributed by atoms with Crippen LogP contribution < -0.4 is 0 Å². The number of thiophene rings is 1. The normalized spacial score (nSPS) is 16.4. The molecule has 0 bridgehead atoms. The third-order valence-corrected chi connectivity index (χ3v) is 6.24. The van der Waals surface area contributed by atoms with Crippen LogP contribution in [0.1, 0.15) is 27.0 Å². The van der Waals surface area contributed by atoms with Gasteiger partial charge in [-0.05, 0) is 43.3 Å². The fourth-order valence-corrected chi connectivity index (χ4v) is 4.46. The van der Waals surface area contributed by atoms with Crippen LogP contribution in [0.25, 0.3) is 10.6 Å². The van der Waals surface area contributed by atoms with E-state index in [1.165, 1.54) is 11.3 Å². The molecule has 2 aromatic heterocycles. The molecule has 0 N–H and O–H groups in total. The smallest absolute Gasteiger partial charge is 0.296 e. The molecule has 1 aromatic carbocycles. The molecule has 3 heterocycles. The monoisotopic (exact) mass is 419 g/mol. The van der Waals surface area contributed by atoms with Gasteiger partial charge in [0.05, 0.1) is 15.4 Å². The molecule has 4 rings (SSSR count). The SMILES string of the molecule is C[C@@H]1CN(C(=O)c2ccccc2)CCN1C(=O)C(=O)c1ccc(-c2ccccn2)s1. The van der Waals surface area contributed by atoms with Crippen LogP contribution >= 0.6 is 11.3 Å². The molecular formula is C23H21N3O3S. The first-order valence-corrected chi connectivity index (χ1v) is 10.6. The fourth-order valence-electron chi connectivity index (χ4n) is 3.55. The Hall–Kier alpha value is -3.32. The lowest BCUT2D eigenvalue weighted by Gasteiger charge is -2.39. The summed E-state index contributed by atoms with van der Waals surface area (Å²) in [4.78, 5) is 47.2. The molecule has 30 heavy (non-hydrogen) atoms. The van der Waals surface area contributed by atoms with E-state index in [1.807, 2.05) is 49.4 Å². The molecule has 1 saturated heterocycles. The highest BCUT2D eigenvalue weighted by Crippen LogP contribution is 2.27. The van der Waals surface area contributed by atoms with E-state index >= 15 is 0 Å². The summed E-state index contributed by atoms with van der Waals surface area (Å²) in [7, 11) is 0. The van der Waals surface area contributed by atoms with Gasteiger partial charge in [-0.2, -0.15) is 0 Å². The molecule has 0 aliphatic carbocycles. The predicted octanol–water partition coefficient (Wildman–Crippen LogP) is 3.37. The molecule has 152 valence electrons. The minimum Gasteiger partial charge on any atom is -0.335 e. The van der Waals surface area contributed by atoms with Crippen molar-refractivity contribution in [2.24, 2.45) is 0 Å². The summed E-state index contributed by atoms with van der Waals surface area (Å²) in [5, 5.41) is 0. The van der Waals surface area contributed by atoms with Crippen molar-refractivity contribution in [2.45, 2.75) is 13.0 Å². The van der Waals surface area contributed by atoms with Gasteiger partial charge >= 0.3 is 0 Å². The van der Waals surface area contributed by atoms with Gasteiger partial charge in [-0.3, -0.25) is 19.4 Å². The van der Waals surface area contributed by atoms with E-state index in [-0.39, 0.29) is 11.9 Å². The number of rotatable bonds is 4. The van der Waals surface area contributed by atoms with Crippen molar-refractivity contribution >= 4 is 28.9 Å². The Kier molecular flexibility index (Phi) is 5.72. The lowest BCUT2D eigenvalue weighted by molar-refractivity contribution is -0.130. The minimum absolute atomic E-state index is 0.0564. The number of hydrogen-bond donors (Lipinski definition) is 0. The van der Waals surface area contributed by atoms with Gasteiger partial charge in [0.25, 0.3) is 17.6 Å². The topological polar surface area (TPSA) is 70.6 Å². The molecule has 0 unspecified atom stereocenters. The second kappa shape index (κ2) is 8.59. The van der Waals surface area contributed by atoms with Crippen molar-refractivity contribution in [1.82, 2.24) is 14.8 Å². The summed E-state index contributed by atoms with van der Waals surface area (Å²) in [6.07, 6.45) is 1.69. The molecule has 3 aromatic rings. The summed E-state index contributed by atoms with van der Waals surface area (Å²) >= 11 is 1.27. The molecule has 0 saturated carbocycles. The highest BCUT2D eigenvalue weighted by molar-refractivity contribution is 7.18. The third kappa shape index (κ3) is 4.02. The van der Waals surface area contributed by atoms with Crippen molar-refractivity contribution in [2.75, 3.05) is 19.6 Å². The third-order valence-electron chi connectivity index (χ3n) is 5.14. The zero-order valence-corrected chi connectivity index (χ0v) is 17.3. The van der Waals surface area contributed by atoms with Gasteiger partial charge in [0, 0.05) is 37.4 Å². The lowest BCUT2D eigenvalue weighted by Crippen LogP contribution is -2.56. The average molecular weight is 420 g/mol. The van der Waals surface area contributed by atoms with Gasteiger partial charge in [0.15, 0.2) is 0 Å². The summed E-state index contributed by atoms with van der Waals surface area (Å²) < 4.78 is 0. The van der Waals surface area contributed by atoms with Crippen LogP contribution in [-0.4, -0.2) is 58.1 Å². The second-order valence-corrected chi connectivity index (χ2v) is 8.26. The molecule has 0 spiro atoms. The van der Waals surface area contributed by atoms with Crippen molar-refractivity contribution < 1.29 is 14.4 Å². The quantitative estimate of drug-likeness (QED) is 0.480. The van der Waals surface area contributed by atoms with Gasteiger partial charge in [-0.15, -0.1) is 11.3 Å². The van der Waals surface area contributed by atoms with Crippen molar-refractivity contribution in [3.05, 3.63) is 77.3 Å². The van der Waals surface area contributed by atoms with Crippen LogP contribution in [0.2, 0.25) is 0 Å². The van der Waals surface area contributed by atoms with Crippen LogP contribution in [0.3, 0.4) is 0 Å². The van der Waals surface area contributed by atoms with Gasteiger partial charge in [0.2, 0.25) is 0 Å². The number of carbonyl (C=O) groups is 3. The largest absolute Gasteiger partial charge is 0.335 e. The predicted molar refractivity (Wildman–Crippen MR) is 115 cm³/mol. The maximum absolute atomic E-state index is 12.9. The van der Waals surface area contributed by atoms with Crippen LogP contribution in [0.5, 0.6) is 0 Å². The van der Waals surface area contributed by atoms with Crippen molar-refractivity contribution in [3.8, 4) is 10.6 Å². The first kappa shape index (κ1) is 20.0. The molecule has 1 aliphatic heterocycles. The van der Waals surface area contributed by atoms with E-state index in [0.717, 1.165) is 10.6 Å². The van der Waals surface area contributed by atoms with E-state index in [2.05, 4.69) is 4.98 Å². The van der Waals surface area contributed by atoms with Crippen LogP contribution in [0, 0.1) is 0 Å². The van der Waals surface area contributed by atoms with E-state index in [9.17, 15) is 14.4 Å². The fraction of sp³-hybridized carbons (Fsp3) is 0.217. The zero-order chi connectivity index (χ0) is 21.1. The maximum atomic E-state index is 12.9. The Morgan fingerprint density at radius 3 is 2.43 bits per heavy atom. The first-order chi connectivity index (χ1) is 14.5. The molecule has 6 nitrogen and oxygen atoms in total. The summed E-state index contributed by atoms with van der Waals surface area (Å²) in [5.74, 6) is -1.10. The number of hydrogen-bond acceptors (Lipinski definition) is 5. The van der Waals surface area contributed by atoms with Gasteiger partial charge < -0.3 is 9.80 Å². The van der Waals surface area contributed by atoms with E-state index < -0.39 is 11.7 Å². The Morgan fingerprint density at radius 1 is 0.967 bits per heavy atom. The number of nitrogens with zero attached hydrogens (tertiary/aromatic N) is 3. The minimum atomic E-state index is -0.524. The Balaban J connectivity index is 1.42. The van der Waals surface area contributed by atoms with Crippen LogP contribution in [0.4, 0.5) is 0 Å². The van der Waals surface area contributed by atoms with E-state index in [1.54, 1.807) is 34.2 Å². The number of Topliss-reactive ketones (excluding diaryl/α,β-unsaturated/α-hetero) is 1. The Bertz CT molecular complexity index is 1070. The van der Waals surface area contributed by atoms with E-state index in [0.29, 0.717) is 30.1 Å². The van der Waals surface area contributed by atoms with Crippen molar-refractivity contribution in [1.29, 1.82) is 0 Å².